The molecule has 0 spiro atoms. The van der Waals surface area contributed by atoms with Crippen LogP contribution in [0.1, 0.15) is 70.6 Å². The summed E-state index contributed by atoms with van der Waals surface area (Å²) in [6.45, 7) is 12.3. The number of esters is 1. The van der Waals surface area contributed by atoms with Gasteiger partial charge in [-0.25, -0.2) is 5.43 Å². The van der Waals surface area contributed by atoms with E-state index in [1.165, 1.54) is 9.91 Å². The van der Waals surface area contributed by atoms with Crippen molar-refractivity contribution in [2.45, 2.75) is 98.0 Å². The van der Waals surface area contributed by atoms with E-state index in [1.807, 2.05) is 38.2 Å². The smallest absolute Gasteiger partial charge is 0.324 e. The number of aromatic hydroxyl groups is 1. The van der Waals surface area contributed by atoms with Crippen LogP contribution in [-0.4, -0.2) is 107 Å². The molecule has 61 heavy (non-hydrogen) atoms. The Morgan fingerprint density at radius 2 is 1.92 bits per heavy atom. The number of phenolic OH excluding ortho intramolecular Hbond substituents is 1. The lowest BCUT2D eigenvalue weighted by Gasteiger charge is -2.37. The first-order chi connectivity index (χ1) is 29.2. The predicted octanol–water partition coefficient (Wildman–Crippen LogP) is 5.41. The molecular weight excluding hydrogens is 777 g/mol. The van der Waals surface area contributed by atoms with Crippen LogP contribution >= 0.6 is 0 Å². The first-order valence-electron chi connectivity index (χ1n) is 21.5. The van der Waals surface area contributed by atoms with E-state index in [4.69, 9.17) is 14.2 Å². The van der Waals surface area contributed by atoms with Crippen LogP contribution in [0.5, 0.6) is 5.75 Å². The highest BCUT2D eigenvalue weighted by Gasteiger charge is 2.39. The van der Waals surface area contributed by atoms with Crippen molar-refractivity contribution in [2.75, 3.05) is 40.5 Å². The molecule has 0 radical (unpaired) electrons. The third-order valence-corrected chi connectivity index (χ3v) is 12.3. The lowest BCUT2D eigenvalue weighted by molar-refractivity contribution is -0.155. The number of pyridine rings is 1. The second-order valence-electron chi connectivity index (χ2n) is 17.9. The molecule has 14 heteroatoms. The molecule has 5 heterocycles. The summed E-state index contributed by atoms with van der Waals surface area (Å²) >= 11 is 0. The van der Waals surface area contributed by atoms with E-state index in [1.54, 1.807) is 32.5 Å². The number of aromatic nitrogens is 2. The molecular formula is C47H60N6O8. The Balaban J connectivity index is 1.34. The van der Waals surface area contributed by atoms with Gasteiger partial charge in [0.05, 0.1) is 31.4 Å². The second kappa shape index (κ2) is 18.3. The maximum Gasteiger partial charge on any atom is 0.324 e. The zero-order chi connectivity index (χ0) is 43.6. The number of ether oxygens (including phenoxy) is 3. The summed E-state index contributed by atoms with van der Waals surface area (Å²) in [4.78, 5) is 62.3. The quantitative estimate of drug-likeness (QED) is 0.186. The molecule has 1 unspecified atom stereocenters. The van der Waals surface area contributed by atoms with Crippen LogP contribution in [0.15, 0.2) is 54.9 Å². The second-order valence-corrected chi connectivity index (χ2v) is 17.9. The van der Waals surface area contributed by atoms with Gasteiger partial charge in [0, 0.05) is 74.5 Å². The zero-order valence-electron chi connectivity index (χ0n) is 36.5. The van der Waals surface area contributed by atoms with Crippen LogP contribution in [-0.2, 0) is 59.4 Å². The van der Waals surface area contributed by atoms with Gasteiger partial charge in [-0.2, -0.15) is 0 Å². The summed E-state index contributed by atoms with van der Waals surface area (Å²) in [5.74, 6) is -2.17. The molecule has 326 valence electrons. The van der Waals surface area contributed by atoms with Gasteiger partial charge in [0.1, 0.15) is 23.9 Å². The summed E-state index contributed by atoms with van der Waals surface area (Å²) < 4.78 is 19.5. The van der Waals surface area contributed by atoms with Crippen molar-refractivity contribution in [3.05, 3.63) is 71.5 Å². The van der Waals surface area contributed by atoms with Gasteiger partial charge in [-0.15, -0.1) is 0 Å². The summed E-state index contributed by atoms with van der Waals surface area (Å²) in [5, 5.41) is 16.7. The Labute approximate surface area is 357 Å². The van der Waals surface area contributed by atoms with Crippen molar-refractivity contribution in [3.63, 3.8) is 0 Å². The number of hydrogen-bond acceptors (Lipinski definition) is 10. The zero-order valence-corrected chi connectivity index (χ0v) is 36.5. The fourth-order valence-electron chi connectivity index (χ4n) is 9.27. The number of methoxy groups -OCH3 is 1. The van der Waals surface area contributed by atoms with Crippen molar-refractivity contribution < 1.29 is 38.5 Å². The molecule has 2 saturated heterocycles. The summed E-state index contributed by atoms with van der Waals surface area (Å²) in [6.07, 6.45) is 5.81. The molecule has 3 aliphatic rings. The van der Waals surface area contributed by atoms with E-state index in [-0.39, 0.29) is 36.5 Å². The van der Waals surface area contributed by atoms with Crippen LogP contribution in [0.3, 0.4) is 0 Å². The topological polar surface area (TPSA) is 165 Å². The van der Waals surface area contributed by atoms with Crippen LogP contribution in [0.25, 0.3) is 33.3 Å². The molecule has 4 aromatic rings. The third kappa shape index (κ3) is 9.31. The van der Waals surface area contributed by atoms with Crippen molar-refractivity contribution in [1.29, 1.82) is 0 Å². The van der Waals surface area contributed by atoms with Gasteiger partial charge in [-0.05, 0) is 96.7 Å². The molecule has 14 nitrogen and oxygen atoms in total. The Bertz CT molecular complexity index is 2280. The largest absolute Gasteiger partial charge is 0.508 e. The number of nitrogens with one attached hydrogen (secondary N) is 2. The lowest BCUT2D eigenvalue weighted by atomic mass is 9.84. The monoisotopic (exact) mass is 836 g/mol. The number of likely N-dealkylation sites (N-methyl/N-ethyl adjacent to an activating group) is 1. The van der Waals surface area contributed by atoms with E-state index in [2.05, 4.69) is 53.2 Å². The van der Waals surface area contributed by atoms with Crippen LogP contribution in [0, 0.1) is 17.3 Å². The van der Waals surface area contributed by atoms with E-state index < -0.39 is 41.3 Å². The third-order valence-electron chi connectivity index (χ3n) is 12.3. The number of hydrazine groups is 1. The Hall–Kier alpha value is -5.31. The fourth-order valence-corrected chi connectivity index (χ4v) is 9.27. The highest BCUT2D eigenvalue weighted by molar-refractivity contribution is 5.96. The van der Waals surface area contributed by atoms with Gasteiger partial charge in [0.15, 0.2) is 0 Å². The van der Waals surface area contributed by atoms with Crippen LogP contribution in [0.4, 0.5) is 0 Å². The number of carbonyl (C=O) groups is 4. The number of benzene rings is 2. The SMILES string of the molecule is CCn1c(-c2cnccc2COC)c2c3cc(ccc31)-c1cc(O)cc(c1)C[C@H](NC(=O)C(C(C)C)N(C)C(=O)[C@H]1CCOC1)C(=O)N1CCC[C@H](N1)C(=O)OCC(C)(C)C2. The minimum absolute atomic E-state index is 0.00958. The number of cyclic esters (lactones) is 1. The van der Waals surface area contributed by atoms with Crippen molar-refractivity contribution in [2.24, 2.45) is 17.3 Å². The summed E-state index contributed by atoms with van der Waals surface area (Å²) in [5.41, 5.74) is 9.88. The predicted molar refractivity (Wildman–Crippen MR) is 231 cm³/mol. The van der Waals surface area contributed by atoms with Gasteiger partial charge in [0.25, 0.3) is 5.91 Å². The van der Waals surface area contributed by atoms with E-state index in [0.29, 0.717) is 64.2 Å². The minimum Gasteiger partial charge on any atom is -0.508 e. The van der Waals surface area contributed by atoms with Crippen molar-refractivity contribution in [1.82, 2.24) is 30.2 Å². The molecule has 2 fully saturated rings. The number of fused-ring (bicyclic) bond motifs is 6. The molecule has 6 bridgehead atoms. The number of nitrogens with zero attached hydrogens (tertiary/aromatic N) is 4. The van der Waals surface area contributed by atoms with E-state index >= 15 is 0 Å². The Kier molecular flexibility index (Phi) is 13.2. The summed E-state index contributed by atoms with van der Waals surface area (Å²) in [6, 6.07) is 10.7. The molecule has 4 atom stereocenters. The first-order valence-corrected chi connectivity index (χ1v) is 21.5. The molecule has 3 amide bonds. The average molecular weight is 837 g/mol. The molecule has 0 aliphatic carbocycles. The number of amides is 3. The van der Waals surface area contributed by atoms with Crippen molar-refractivity contribution in [3.8, 4) is 28.1 Å². The summed E-state index contributed by atoms with van der Waals surface area (Å²) in [7, 11) is 3.30. The van der Waals surface area contributed by atoms with Gasteiger partial charge in [0.2, 0.25) is 11.8 Å². The highest BCUT2D eigenvalue weighted by Crippen LogP contribution is 2.41. The molecule has 7 rings (SSSR count). The molecule has 2 aromatic heterocycles. The first kappa shape index (κ1) is 43.8. The van der Waals surface area contributed by atoms with E-state index in [9.17, 15) is 24.3 Å². The molecule has 3 aliphatic heterocycles. The van der Waals surface area contributed by atoms with Gasteiger partial charge < -0.3 is 34.1 Å². The number of hydrogen-bond donors (Lipinski definition) is 3. The van der Waals surface area contributed by atoms with Gasteiger partial charge in [-0.1, -0.05) is 39.8 Å². The fraction of sp³-hybridized carbons (Fsp3) is 0.511. The molecule has 3 N–H and O–H groups in total. The molecule has 0 saturated carbocycles. The number of carbonyl (C=O) groups excluding carboxylic acids is 4. The highest BCUT2D eigenvalue weighted by atomic mass is 16.5. The average Bonchev–Trinajstić information content (AvgIpc) is 3.88. The van der Waals surface area contributed by atoms with E-state index in [0.717, 1.165) is 44.4 Å². The Morgan fingerprint density at radius 3 is 2.64 bits per heavy atom. The number of aryl methyl sites for hydroxylation is 1. The lowest BCUT2D eigenvalue weighted by Crippen LogP contribution is -2.62. The number of phenols is 1. The maximum atomic E-state index is 14.6. The number of rotatable bonds is 9. The molecule has 2 aromatic carbocycles. The van der Waals surface area contributed by atoms with Crippen LogP contribution < -0.4 is 10.7 Å². The minimum atomic E-state index is -1.11. The Morgan fingerprint density at radius 1 is 1.11 bits per heavy atom. The maximum absolute atomic E-state index is 14.6. The van der Waals surface area contributed by atoms with Crippen LogP contribution in [0.2, 0.25) is 0 Å². The van der Waals surface area contributed by atoms with Gasteiger partial charge in [-0.3, -0.25) is 29.2 Å². The standard InChI is InChI=1S/C47H60N6O8/c1-8-52-40-12-11-30-22-35(40)36(42(52)37-24-48-15-13-31(37)25-59-7)23-47(4,5)27-61-46(58)38-10-9-16-53(50-38)45(57)39(20-29-18-33(30)21-34(54)19-29)49-43(55)41(28(2)3)51(6)44(56)32-14-17-60-26-32/h11-13,15,18-19,21-22,24,28,32,38-39,41,50,54H,8-10,14,16-17,20,23,25-27H2,1-7H3,(H,49,55)/t32-,38-,39-,41?/m0/s1. The normalized spacial score (nSPS) is 21.2. The van der Waals surface area contributed by atoms with Gasteiger partial charge >= 0.3 is 5.97 Å². The van der Waals surface area contributed by atoms with Crippen molar-refractivity contribution >= 4 is 34.6 Å².